The highest BCUT2D eigenvalue weighted by Crippen LogP contribution is 2.34. The summed E-state index contributed by atoms with van der Waals surface area (Å²) < 4.78 is 46.3. The Morgan fingerprint density at radius 3 is 2.62 bits per heavy atom. The van der Waals surface area contributed by atoms with Crippen LogP contribution in [0.5, 0.6) is 5.75 Å². The fourth-order valence-electron chi connectivity index (χ4n) is 5.94. The molecule has 1 atom stereocenters. The molecule has 0 saturated heterocycles. The van der Waals surface area contributed by atoms with Crippen molar-refractivity contribution in [2.45, 2.75) is 85.1 Å². The summed E-state index contributed by atoms with van der Waals surface area (Å²) in [6.07, 6.45) is 11.7. The number of hydrogen-bond acceptors (Lipinski definition) is 6. The van der Waals surface area contributed by atoms with Gasteiger partial charge in [-0.3, -0.25) is 9.98 Å². The molecule has 8 heteroatoms. The third kappa shape index (κ3) is 8.34. The van der Waals surface area contributed by atoms with Crippen LogP contribution in [-0.2, 0) is 9.47 Å². The van der Waals surface area contributed by atoms with Gasteiger partial charge < -0.3 is 14.2 Å². The number of carbonyl (C=O) groups is 1. The Kier molecular flexibility index (Phi) is 11.6. The van der Waals surface area contributed by atoms with Crippen molar-refractivity contribution in [1.82, 2.24) is 0 Å². The normalized spacial score (nSPS) is 18.5. The maximum absolute atomic E-state index is 14.6. The van der Waals surface area contributed by atoms with Gasteiger partial charge >= 0.3 is 5.97 Å². The highest BCUT2D eigenvalue weighted by atomic mass is 19.2. The number of carbonyl (C=O) groups excluding carboxylic acids is 1. The lowest BCUT2D eigenvalue weighted by molar-refractivity contribution is 0.0500. The lowest BCUT2D eigenvalue weighted by Gasteiger charge is -2.18. The van der Waals surface area contributed by atoms with Crippen molar-refractivity contribution in [3.63, 3.8) is 0 Å². The second-order valence-corrected chi connectivity index (χ2v) is 12.3. The van der Waals surface area contributed by atoms with Gasteiger partial charge in [0.2, 0.25) is 0 Å². The monoisotopic (exact) mass is 642 g/mol. The average molecular weight is 643 g/mol. The molecular formula is C39H44F2N2O4. The molecule has 0 bridgehead atoms. The van der Waals surface area contributed by atoms with Gasteiger partial charge in [0.25, 0.3) is 0 Å². The Morgan fingerprint density at radius 2 is 1.81 bits per heavy atom. The van der Waals surface area contributed by atoms with Crippen LogP contribution in [-0.4, -0.2) is 43.8 Å². The van der Waals surface area contributed by atoms with Crippen LogP contribution < -0.4 is 4.74 Å². The maximum atomic E-state index is 14.6. The zero-order valence-electron chi connectivity index (χ0n) is 27.8. The van der Waals surface area contributed by atoms with Crippen LogP contribution in [0.4, 0.5) is 8.78 Å². The minimum absolute atomic E-state index is 0.0178. The lowest BCUT2D eigenvalue weighted by Crippen LogP contribution is -2.11. The molecule has 6 nitrogen and oxygen atoms in total. The molecule has 2 aromatic rings. The Hall–Kier alpha value is -4.33. The second-order valence-electron chi connectivity index (χ2n) is 12.3. The molecule has 3 aliphatic heterocycles. The Bertz CT molecular complexity index is 1680. The van der Waals surface area contributed by atoms with Gasteiger partial charge in [-0.05, 0) is 93.9 Å². The minimum atomic E-state index is -0.869. The lowest BCUT2D eigenvalue weighted by atomic mass is 9.95. The quantitative estimate of drug-likeness (QED) is 0.242. The van der Waals surface area contributed by atoms with E-state index < -0.39 is 11.6 Å². The summed E-state index contributed by atoms with van der Waals surface area (Å²) in [6.45, 7) is 9.57. The highest BCUT2D eigenvalue weighted by Gasteiger charge is 2.23. The van der Waals surface area contributed by atoms with E-state index in [-0.39, 0.29) is 17.6 Å². The molecule has 2 aromatic carbocycles. The molecule has 0 saturated carbocycles. The number of aliphatic imine (C=N–C) groups is 2. The van der Waals surface area contributed by atoms with Crippen LogP contribution in [0.3, 0.4) is 0 Å². The molecule has 0 spiro atoms. The summed E-state index contributed by atoms with van der Waals surface area (Å²) in [4.78, 5) is 22.8. The number of nitrogens with zero attached hydrogens (tertiary/aromatic N) is 2. The van der Waals surface area contributed by atoms with Crippen molar-refractivity contribution in [1.29, 1.82) is 0 Å². The fraction of sp³-hybridized carbons (Fsp3) is 0.410. The van der Waals surface area contributed by atoms with Crippen LogP contribution in [0.2, 0.25) is 0 Å². The summed E-state index contributed by atoms with van der Waals surface area (Å²) in [5.41, 5.74) is 7.09. The predicted molar refractivity (Wildman–Crippen MR) is 183 cm³/mol. The zero-order valence-corrected chi connectivity index (χ0v) is 27.8. The number of halogens is 2. The maximum Gasteiger partial charge on any atom is 0.341 e. The SMILES string of the molecule is CCCOC(=O)c1cc(C2=C(C)CCOC(CC3CCC=C4N=C(c5cccc(F)c5F)CCC(C)=C4C=N3)=C2)ccc1OCCC. The van der Waals surface area contributed by atoms with Gasteiger partial charge in [-0.2, -0.15) is 0 Å². The van der Waals surface area contributed by atoms with Crippen LogP contribution in [0.1, 0.15) is 101 Å². The summed E-state index contributed by atoms with van der Waals surface area (Å²) >= 11 is 0. The molecule has 3 aliphatic rings. The smallest absolute Gasteiger partial charge is 0.341 e. The largest absolute Gasteiger partial charge is 0.498 e. The minimum Gasteiger partial charge on any atom is -0.498 e. The fourth-order valence-corrected chi connectivity index (χ4v) is 5.94. The van der Waals surface area contributed by atoms with Gasteiger partial charge in [0.1, 0.15) is 11.3 Å². The van der Waals surface area contributed by atoms with E-state index in [0.717, 1.165) is 71.9 Å². The van der Waals surface area contributed by atoms with E-state index in [1.165, 1.54) is 11.6 Å². The van der Waals surface area contributed by atoms with E-state index in [4.69, 9.17) is 24.2 Å². The third-order valence-corrected chi connectivity index (χ3v) is 8.62. The van der Waals surface area contributed by atoms with Gasteiger partial charge in [-0.1, -0.05) is 43.2 Å². The van der Waals surface area contributed by atoms with Crippen LogP contribution in [0.15, 0.2) is 86.7 Å². The second kappa shape index (κ2) is 16.0. The number of hydrogen-bond donors (Lipinski definition) is 0. The molecule has 47 heavy (non-hydrogen) atoms. The first-order valence-electron chi connectivity index (χ1n) is 16.7. The summed E-state index contributed by atoms with van der Waals surface area (Å²) in [6, 6.07) is 9.93. The molecule has 0 amide bonds. The summed E-state index contributed by atoms with van der Waals surface area (Å²) in [7, 11) is 0. The first kappa shape index (κ1) is 34.0. The number of ether oxygens (including phenoxy) is 3. The Balaban J connectivity index is 1.38. The van der Waals surface area contributed by atoms with Crippen molar-refractivity contribution in [3.8, 4) is 5.75 Å². The summed E-state index contributed by atoms with van der Waals surface area (Å²) in [5.74, 6) is -0.739. The third-order valence-electron chi connectivity index (χ3n) is 8.62. The van der Waals surface area contributed by atoms with Crippen molar-refractivity contribution in [2.75, 3.05) is 19.8 Å². The standard InChI is InChI=1S/C39H44F2N2O4/c1-5-18-46-37-16-14-27(21-32(37)39(44)47-19-6-2)31-23-29(45-20-17-26(31)4)22-28-9-7-12-35-33(24-42-28)25(3)13-15-36(43-35)30-10-8-11-34(40)38(30)41/h8,10-12,14,16,21,23-24,28H,5-7,9,13,15,17-20,22H2,1-4H3. The molecule has 0 aromatic heterocycles. The Labute approximate surface area is 276 Å². The van der Waals surface area contributed by atoms with E-state index in [0.29, 0.717) is 56.1 Å². The van der Waals surface area contributed by atoms with Crippen LogP contribution in [0, 0.1) is 11.6 Å². The van der Waals surface area contributed by atoms with Crippen molar-refractivity contribution >= 4 is 23.5 Å². The van der Waals surface area contributed by atoms with Gasteiger partial charge in [0.15, 0.2) is 11.6 Å². The molecule has 0 N–H and O–H groups in total. The molecule has 0 aliphatic carbocycles. The van der Waals surface area contributed by atoms with E-state index in [1.54, 1.807) is 6.07 Å². The topological polar surface area (TPSA) is 69.5 Å². The molecule has 3 heterocycles. The van der Waals surface area contributed by atoms with Crippen LogP contribution in [0.25, 0.3) is 5.57 Å². The first-order chi connectivity index (χ1) is 22.8. The van der Waals surface area contributed by atoms with Crippen molar-refractivity contribution < 1.29 is 27.8 Å². The molecule has 248 valence electrons. The first-order valence-corrected chi connectivity index (χ1v) is 16.7. The van der Waals surface area contributed by atoms with E-state index >= 15 is 0 Å². The number of allylic oxidation sites excluding steroid dienone is 5. The zero-order chi connectivity index (χ0) is 33.3. The Morgan fingerprint density at radius 1 is 1.00 bits per heavy atom. The van der Waals surface area contributed by atoms with E-state index in [9.17, 15) is 13.6 Å². The van der Waals surface area contributed by atoms with Gasteiger partial charge in [0, 0.05) is 30.2 Å². The van der Waals surface area contributed by atoms with Crippen molar-refractivity contribution in [2.24, 2.45) is 9.98 Å². The van der Waals surface area contributed by atoms with Gasteiger partial charge in [-0.25, -0.2) is 13.6 Å². The van der Waals surface area contributed by atoms with E-state index in [1.807, 2.05) is 45.2 Å². The number of fused-ring (bicyclic) bond motifs is 1. The predicted octanol–water partition coefficient (Wildman–Crippen LogP) is 9.50. The highest BCUT2D eigenvalue weighted by molar-refractivity contribution is 6.03. The van der Waals surface area contributed by atoms with Gasteiger partial charge in [0.05, 0.1) is 43.0 Å². The number of benzene rings is 2. The van der Waals surface area contributed by atoms with Gasteiger partial charge in [-0.15, -0.1) is 0 Å². The molecular weight excluding hydrogens is 598 g/mol. The average Bonchev–Trinajstić information content (AvgIpc) is 3.33. The molecule has 1 unspecified atom stereocenters. The number of esters is 1. The number of rotatable bonds is 10. The molecule has 5 rings (SSSR count). The van der Waals surface area contributed by atoms with E-state index in [2.05, 4.69) is 19.1 Å². The summed E-state index contributed by atoms with van der Waals surface area (Å²) in [5, 5.41) is 0. The molecule has 0 radical (unpaired) electrons. The molecule has 0 fully saturated rings. The van der Waals surface area contributed by atoms with Crippen molar-refractivity contribution in [3.05, 3.63) is 105 Å². The van der Waals surface area contributed by atoms with Crippen LogP contribution >= 0.6 is 0 Å².